The van der Waals surface area contributed by atoms with Crippen LogP contribution >= 0.6 is 27.7 Å². The van der Waals surface area contributed by atoms with Crippen molar-refractivity contribution in [1.29, 1.82) is 0 Å². The summed E-state index contributed by atoms with van der Waals surface area (Å²) >= 11 is 5.05. The van der Waals surface area contributed by atoms with Crippen LogP contribution in [-0.4, -0.2) is 14.8 Å². The van der Waals surface area contributed by atoms with Crippen molar-refractivity contribution in [3.8, 4) is 11.6 Å². The fourth-order valence-electron chi connectivity index (χ4n) is 2.35. The van der Waals surface area contributed by atoms with Gasteiger partial charge in [-0.15, -0.1) is 10.2 Å². The molecule has 2 heterocycles. The van der Waals surface area contributed by atoms with Crippen molar-refractivity contribution in [2.75, 3.05) is 0 Å². The maximum atomic E-state index is 5.64. The van der Waals surface area contributed by atoms with E-state index in [1.54, 1.807) is 11.8 Å². The van der Waals surface area contributed by atoms with Crippen molar-refractivity contribution in [2.24, 2.45) is 0 Å². The fourth-order valence-corrected chi connectivity index (χ4v) is 3.70. The number of rotatable bonds is 6. The molecule has 0 saturated heterocycles. The number of aromatic nitrogens is 3. The topological polar surface area (TPSA) is 43.9 Å². The van der Waals surface area contributed by atoms with Gasteiger partial charge in [0.2, 0.25) is 5.82 Å². The molecule has 0 atom stereocenters. The third kappa shape index (κ3) is 3.70. The van der Waals surface area contributed by atoms with E-state index in [1.807, 2.05) is 12.1 Å². The first-order valence-corrected chi connectivity index (χ1v) is 9.33. The minimum absolute atomic E-state index is 0.702. The minimum Gasteiger partial charge on any atom is -0.446 e. The summed E-state index contributed by atoms with van der Waals surface area (Å²) in [4.78, 5) is 0. The molecule has 0 saturated carbocycles. The standard InChI is InChI=1S/C17H18BrN3OS/c1-3-10-21-16(14-8-9-15(18)22-14)19-20-17(21)23-11-13-7-5-4-6-12(13)2/h4-9H,3,10-11H2,1-2H3. The van der Waals surface area contributed by atoms with Crippen LogP contribution in [0.25, 0.3) is 11.6 Å². The van der Waals surface area contributed by atoms with Crippen LogP contribution in [0.1, 0.15) is 24.5 Å². The zero-order valence-electron chi connectivity index (χ0n) is 13.1. The normalized spacial score (nSPS) is 11.1. The van der Waals surface area contributed by atoms with E-state index in [0.717, 1.165) is 35.5 Å². The smallest absolute Gasteiger partial charge is 0.200 e. The van der Waals surface area contributed by atoms with E-state index in [-0.39, 0.29) is 0 Å². The van der Waals surface area contributed by atoms with E-state index in [9.17, 15) is 0 Å². The van der Waals surface area contributed by atoms with Gasteiger partial charge >= 0.3 is 0 Å². The van der Waals surface area contributed by atoms with E-state index in [0.29, 0.717) is 4.67 Å². The molecule has 0 fully saturated rings. The SMILES string of the molecule is CCCn1c(SCc2ccccc2C)nnc1-c1ccc(Br)o1. The number of nitrogens with zero attached hydrogens (tertiary/aromatic N) is 3. The second kappa shape index (κ2) is 7.36. The van der Waals surface area contributed by atoms with Crippen LogP contribution in [0.3, 0.4) is 0 Å². The third-order valence-corrected chi connectivity index (χ3v) is 5.02. The van der Waals surface area contributed by atoms with Gasteiger partial charge in [-0.2, -0.15) is 0 Å². The second-order valence-electron chi connectivity index (χ2n) is 5.28. The summed E-state index contributed by atoms with van der Waals surface area (Å²) in [5.41, 5.74) is 2.63. The van der Waals surface area contributed by atoms with Crippen LogP contribution in [0, 0.1) is 6.92 Å². The van der Waals surface area contributed by atoms with Crippen LogP contribution in [0.5, 0.6) is 0 Å². The quantitative estimate of drug-likeness (QED) is 0.533. The molecule has 0 spiro atoms. The van der Waals surface area contributed by atoms with Crippen LogP contribution in [0.15, 0.2) is 50.6 Å². The van der Waals surface area contributed by atoms with Gasteiger partial charge in [-0.25, -0.2) is 0 Å². The molecule has 0 radical (unpaired) electrons. The summed E-state index contributed by atoms with van der Waals surface area (Å²) in [6.07, 6.45) is 1.02. The number of thioether (sulfide) groups is 1. The minimum atomic E-state index is 0.702. The van der Waals surface area contributed by atoms with Gasteiger partial charge in [-0.05, 0) is 52.5 Å². The Morgan fingerprint density at radius 1 is 1.17 bits per heavy atom. The fraction of sp³-hybridized carbons (Fsp3) is 0.294. The average molecular weight is 392 g/mol. The van der Waals surface area contributed by atoms with E-state index >= 15 is 0 Å². The average Bonchev–Trinajstić information content (AvgIpc) is 3.13. The van der Waals surface area contributed by atoms with Crippen molar-refractivity contribution >= 4 is 27.7 Å². The van der Waals surface area contributed by atoms with Crippen LogP contribution < -0.4 is 0 Å². The molecule has 1 aromatic carbocycles. The van der Waals surface area contributed by atoms with E-state index in [4.69, 9.17) is 4.42 Å². The monoisotopic (exact) mass is 391 g/mol. The lowest BCUT2D eigenvalue weighted by atomic mass is 10.1. The number of hydrogen-bond donors (Lipinski definition) is 0. The lowest BCUT2D eigenvalue weighted by Crippen LogP contribution is -2.01. The van der Waals surface area contributed by atoms with Crippen LogP contribution in [0.4, 0.5) is 0 Å². The molecule has 2 aromatic heterocycles. The molecule has 0 unspecified atom stereocenters. The van der Waals surface area contributed by atoms with Crippen molar-refractivity contribution in [3.05, 3.63) is 52.2 Å². The van der Waals surface area contributed by atoms with Gasteiger partial charge in [0.15, 0.2) is 15.6 Å². The highest BCUT2D eigenvalue weighted by atomic mass is 79.9. The predicted molar refractivity (Wildman–Crippen MR) is 96.5 cm³/mol. The second-order valence-corrected chi connectivity index (χ2v) is 7.00. The molecule has 4 nitrogen and oxygen atoms in total. The Labute approximate surface area is 148 Å². The number of hydrogen-bond acceptors (Lipinski definition) is 4. The summed E-state index contributed by atoms with van der Waals surface area (Å²) in [5, 5.41) is 9.62. The molecule has 0 aliphatic heterocycles. The number of furan rings is 1. The summed E-state index contributed by atoms with van der Waals surface area (Å²) in [5.74, 6) is 2.40. The van der Waals surface area contributed by atoms with Gasteiger partial charge in [0.05, 0.1) is 0 Å². The van der Waals surface area contributed by atoms with Gasteiger partial charge < -0.3 is 4.42 Å². The molecule has 120 valence electrons. The molecule has 3 rings (SSSR count). The van der Waals surface area contributed by atoms with Gasteiger partial charge in [0.1, 0.15) is 0 Å². The Morgan fingerprint density at radius 3 is 2.70 bits per heavy atom. The highest BCUT2D eigenvalue weighted by molar-refractivity contribution is 9.10. The molecular weight excluding hydrogens is 374 g/mol. The molecule has 0 bridgehead atoms. The predicted octanol–water partition coefficient (Wildman–Crippen LogP) is 5.31. The Morgan fingerprint density at radius 2 is 2.00 bits per heavy atom. The molecular formula is C17H18BrN3OS. The van der Waals surface area contributed by atoms with Crippen LogP contribution in [0.2, 0.25) is 0 Å². The maximum absolute atomic E-state index is 5.64. The molecule has 23 heavy (non-hydrogen) atoms. The summed E-state index contributed by atoms with van der Waals surface area (Å²) < 4.78 is 8.47. The van der Waals surface area contributed by atoms with E-state index in [1.165, 1.54) is 11.1 Å². The highest BCUT2D eigenvalue weighted by Crippen LogP contribution is 2.29. The zero-order valence-corrected chi connectivity index (χ0v) is 15.5. The molecule has 3 aromatic rings. The first kappa shape index (κ1) is 16.3. The van der Waals surface area contributed by atoms with Gasteiger partial charge in [-0.1, -0.05) is 43.0 Å². The first-order chi connectivity index (χ1) is 11.2. The third-order valence-electron chi connectivity index (χ3n) is 3.58. The lowest BCUT2D eigenvalue weighted by Gasteiger charge is -2.08. The number of benzene rings is 1. The summed E-state index contributed by atoms with van der Waals surface area (Å²) in [6.45, 7) is 5.16. The van der Waals surface area contributed by atoms with E-state index in [2.05, 4.69) is 68.8 Å². The van der Waals surface area contributed by atoms with Crippen molar-refractivity contribution in [3.63, 3.8) is 0 Å². The Hall–Kier alpha value is -1.53. The Kier molecular flexibility index (Phi) is 5.23. The van der Waals surface area contributed by atoms with Crippen LogP contribution in [-0.2, 0) is 12.3 Å². The molecule has 0 N–H and O–H groups in total. The largest absolute Gasteiger partial charge is 0.446 e. The first-order valence-electron chi connectivity index (χ1n) is 7.55. The molecule has 0 amide bonds. The van der Waals surface area contributed by atoms with Crippen molar-refractivity contribution in [1.82, 2.24) is 14.8 Å². The Bertz CT molecular complexity index is 797. The zero-order chi connectivity index (χ0) is 16.2. The summed E-state index contributed by atoms with van der Waals surface area (Å²) in [6, 6.07) is 12.2. The number of aryl methyl sites for hydroxylation is 1. The van der Waals surface area contributed by atoms with E-state index < -0.39 is 0 Å². The maximum Gasteiger partial charge on any atom is 0.200 e. The van der Waals surface area contributed by atoms with Gasteiger partial charge in [0, 0.05) is 12.3 Å². The van der Waals surface area contributed by atoms with Crippen molar-refractivity contribution in [2.45, 2.75) is 37.7 Å². The summed E-state index contributed by atoms with van der Waals surface area (Å²) in [7, 11) is 0. The molecule has 6 heteroatoms. The molecule has 0 aliphatic carbocycles. The van der Waals surface area contributed by atoms with Gasteiger partial charge in [-0.3, -0.25) is 4.57 Å². The van der Waals surface area contributed by atoms with Gasteiger partial charge in [0.25, 0.3) is 0 Å². The Balaban J connectivity index is 1.85. The number of halogens is 1. The highest BCUT2D eigenvalue weighted by Gasteiger charge is 2.16. The lowest BCUT2D eigenvalue weighted by molar-refractivity contribution is 0.539. The molecule has 0 aliphatic rings. The van der Waals surface area contributed by atoms with Crippen molar-refractivity contribution < 1.29 is 4.42 Å².